The Morgan fingerprint density at radius 2 is 1.41 bits per heavy atom. The molecule has 1 N–H and O–H groups in total. The number of rotatable bonds is 8. The van der Waals surface area contributed by atoms with Crippen molar-refractivity contribution in [1.29, 1.82) is 0 Å². The molecule has 3 aromatic carbocycles. The number of aryl methyl sites for hydroxylation is 1. The van der Waals surface area contributed by atoms with Crippen molar-refractivity contribution in [3.05, 3.63) is 90.2 Å². The van der Waals surface area contributed by atoms with Gasteiger partial charge in [-0.2, -0.15) is 0 Å². The number of ether oxygens (including phenoxy) is 1. The van der Waals surface area contributed by atoms with Crippen LogP contribution in [0, 0.1) is 5.82 Å². The first-order valence-corrected chi connectivity index (χ1v) is 10.1. The summed E-state index contributed by atoms with van der Waals surface area (Å²) in [5, 5.41) is 0. The zero-order valence-corrected chi connectivity index (χ0v) is 15.5. The predicted octanol–water partition coefficient (Wildman–Crippen LogP) is 4.53. The van der Waals surface area contributed by atoms with Gasteiger partial charge >= 0.3 is 0 Å². The molecule has 0 fully saturated rings. The highest BCUT2D eigenvalue weighted by molar-refractivity contribution is 7.89. The summed E-state index contributed by atoms with van der Waals surface area (Å²) < 4.78 is 45.8. The van der Waals surface area contributed by atoms with Gasteiger partial charge in [0.15, 0.2) is 0 Å². The summed E-state index contributed by atoms with van der Waals surface area (Å²) in [6.45, 7) is 0.366. The van der Waals surface area contributed by atoms with Crippen molar-refractivity contribution in [3.8, 4) is 11.5 Å². The fourth-order valence-corrected chi connectivity index (χ4v) is 3.63. The molecular weight excluding hydrogens is 365 g/mol. The van der Waals surface area contributed by atoms with E-state index in [1.165, 1.54) is 42.0 Å². The Labute approximate surface area is 158 Å². The lowest BCUT2D eigenvalue weighted by Gasteiger charge is -2.09. The molecule has 140 valence electrons. The second-order valence-corrected chi connectivity index (χ2v) is 7.78. The molecule has 0 aliphatic heterocycles. The number of hydrogen-bond donors (Lipinski definition) is 1. The van der Waals surface area contributed by atoms with Crippen molar-refractivity contribution in [3.63, 3.8) is 0 Å². The lowest BCUT2D eigenvalue weighted by Crippen LogP contribution is -2.25. The van der Waals surface area contributed by atoms with E-state index < -0.39 is 10.0 Å². The molecule has 27 heavy (non-hydrogen) atoms. The van der Waals surface area contributed by atoms with Gasteiger partial charge in [-0.05, 0) is 66.9 Å². The standard InChI is InChI=1S/C21H20FNO3S/c22-18-8-10-19(11-9-18)26-20-12-14-21(15-13-20)27(24,25)23-16-4-7-17-5-2-1-3-6-17/h1-3,5-6,8-15,23H,4,7,16H2. The van der Waals surface area contributed by atoms with Gasteiger partial charge in [-0.15, -0.1) is 0 Å². The molecule has 3 aromatic rings. The van der Waals surface area contributed by atoms with Crippen LogP contribution in [0.15, 0.2) is 83.8 Å². The van der Waals surface area contributed by atoms with E-state index in [4.69, 9.17) is 4.74 Å². The van der Waals surface area contributed by atoms with E-state index in [2.05, 4.69) is 4.72 Å². The van der Waals surface area contributed by atoms with Crippen LogP contribution in [-0.4, -0.2) is 15.0 Å². The molecule has 0 aliphatic carbocycles. The van der Waals surface area contributed by atoms with Crippen molar-refractivity contribution >= 4 is 10.0 Å². The van der Waals surface area contributed by atoms with Crippen LogP contribution >= 0.6 is 0 Å². The summed E-state index contributed by atoms with van der Waals surface area (Å²) in [6, 6.07) is 21.7. The minimum Gasteiger partial charge on any atom is -0.457 e. The summed E-state index contributed by atoms with van der Waals surface area (Å²) in [7, 11) is -3.57. The number of benzene rings is 3. The molecule has 0 aromatic heterocycles. The van der Waals surface area contributed by atoms with E-state index in [0.29, 0.717) is 18.0 Å². The fraction of sp³-hybridized carbons (Fsp3) is 0.143. The first-order chi connectivity index (χ1) is 13.0. The van der Waals surface area contributed by atoms with E-state index in [1.54, 1.807) is 12.1 Å². The van der Waals surface area contributed by atoms with Crippen LogP contribution < -0.4 is 9.46 Å². The van der Waals surface area contributed by atoms with Gasteiger partial charge in [0.25, 0.3) is 0 Å². The highest BCUT2D eigenvalue weighted by atomic mass is 32.2. The zero-order chi connectivity index (χ0) is 19.1. The molecule has 0 amide bonds. The Hall–Kier alpha value is -2.70. The molecule has 4 nitrogen and oxygen atoms in total. The summed E-state index contributed by atoms with van der Waals surface area (Å²) in [5.74, 6) is 0.609. The average Bonchev–Trinajstić information content (AvgIpc) is 2.68. The Balaban J connectivity index is 1.54. The smallest absolute Gasteiger partial charge is 0.240 e. The summed E-state index contributed by atoms with van der Waals surface area (Å²) in [6.07, 6.45) is 1.53. The lowest BCUT2D eigenvalue weighted by molar-refractivity contribution is 0.480. The topological polar surface area (TPSA) is 55.4 Å². The van der Waals surface area contributed by atoms with Gasteiger partial charge in [0.05, 0.1) is 4.90 Å². The number of halogens is 1. The predicted molar refractivity (Wildman–Crippen MR) is 103 cm³/mol. The number of sulfonamides is 1. The van der Waals surface area contributed by atoms with E-state index >= 15 is 0 Å². The van der Waals surface area contributed by atoms with Crippen LogP contribution in [-0.2, 0) is 16.4 Å². The fourth-order valence-electron chi connectivity index (χ4n) is 2.55. The van der Waals surface area contributed by atoms with Crippen LogP contribution in [0.3, 0.4) is 0 Å². The van der Waals surface area contributed by atoms with Gasteiger partial charge in [0.2, 0.25) is 10.0 Å². The minimum atomic E-state index is -3.57. The third kappa shape index (κ3) is 5.64. The first-order valence-electron chi connectivity index (χ1n) is 8.60. The van der Waals surface area contributed by atoms with Crippen LogP contribution in [0.25, 0.3) is 0 Å². The van der Waals surface area contributed by atoms with E-state index in [1.807, 2.05) is 30.3 Å². The molecule has 0 radical (unpaired) electrons. The first kappa shape index (κ1) is 19.1. The van der Waals surface area contributed by atoms with Crippen molar-refractivity contribution < 1.29 is 17.5 Å². The monoisotopic (exact) mass is 385 g/mol. The molecule has 0 saturated heterocycles. The molecule has 0 aliphatic rings. The quantitative estimate of drug-likeness (QED) is 0.580. The van der Waals surface area contributed by atoms with Gasteiger partial charge in [-0.3, -0.25) is 0 Å². The minimum absolute atomic E-state index is 0.175. The SMILES string of the molecule is O=S(=O)(NCCCc1ccccc1)c1ccc(Oc2ccc(F)cc2)cc1. The molecule has 0 spiro atoms. The second kappa shape index (κ2) is 8.79. The van der Waals surface area contributed by atoms with E-state index in [0.717, 1.165) is 12.8 Å². The number of hydrogen-bond acceptors (Lipinski definition) is 3. The third-order valence-corrected chi connectivity index (χ3v) is 5.44. The average molecular weight is 385 g/mol. The summed E-state index contributed by atoms with van der Waals surface area (Å²) in [4.78, 5) is 0.175. The summed E-state index contributed by atoms with van der Waals surface area (Å²) in [5.41, 5.74) is 1.18. The Morgan fingerprint density at radius 1 is 0.815 bits per heavy atom. The Bertz CT molecular complexity index is 957. The van der Waals surface area contributed by atoms with Crippen molar-refractivity contribution in [2.45, 2.75) is 17.7 Å². The second-order valence-electron chi connectivity index (χ2n) is 6.01. The number of nitrogens with one attached hydrogen (secondary N) is 1. The highest BCUT2D eigenvalue weighted by Crippen LogP contribution is 2.23. The lowest BCUT2D eigenvalue weighted by atomic mass is 10.1. The van der Waals surface area contributed by atoms with Crippen molar-refractivity contribution in [2.75, 3.05) is 6.54 Å². The maximum Gasteiger partial charge on any atom is 0.240 e. The molecule has 0 saturated carbocycles. The zero-order valence-electron chi connectivity index (χ0n) is 14.6. The van der Waals surface area contributed by atoms with Gasteiger partial charge < -0.3 is 4.74 Å². The third-order valence-electron chi connectivity index (χ3n) is 3.96. The van der Waals surface area contributed by atoms with E-state index in [9.17, 15) is 12.8 Å². The molecular formula is C21H20FNO3S. The maximum absolute atomic E-state index is 12.9. The Morgan fingerprint density at radius 3 is 2.04 bits per heavy atom. The van der Waals surface area contributed by atoms with Crippen LogP contribution in [0.2, 0.25) is 0 Å². The maximum atomic E-state index is 12.9. The van der Waals surface area contributed by atoms with Crippen molar-refractivity contribution in [1.82, 2.24) is 4.72 Å². The van der Waals surface area contributed by atoms with E-state index in [-0.39, 0.29) is 10.7 Å². The molecule has 0 heterocycles. The van der Waals surface area contributed by atoms with Gasteiger partial charge in [0, 0.05) is 6.54 Å². The Kier molecular flexibility index (Phi) is 6.21. The molecule has 0 unspecified atom stereocenters. The van der Waals surface area contributed by atoms with Crippen molar-refractivity contribution in [2.24, 2.45) is 0 Å². The molecule has 3 rings (SSSR count). The van der Waals surface area contributed by atoms with Gasteiger partial charge in [-0.1, -0.05) is 30.3 Å². The molecule has 6 heteroatoms. The largest absolute Gasteiger partial charge is 0.457 e. The normalized spacial score (nSPS) is 11.3. The van der Waals surface area contributed by atoms with Gasteiger partial charge in [0.1, 0.15) is 17.3 Å². The highest BCUT2D eigenvalue weighted by Gasteiger charge is 2.13. The van der Waals surface area contributed by atoms with Crippen LogP contribution in [0.4, 0.5) is 4.39 Å². The summed E-state index contributed by atoms with van der Waals surface area (Å²) >= 11 is 0. The van der Waals surface area contributed by atoms with Crippen LogP contribution in [0.5, 0.6) is 11.5 Å². The van der Waals surface area contributed by atoms with Crippen LogP contribution in [0.1, 0.15) is 12.0 Å². The van der Waals surface area contributed by atoms with Gasteiger partial charge in [-0.25, -0.2) is 17.5 Å². The molecule has 0 atom stereocenters. The molecule has 0 bridgehead atoms.